The fourth-order valence-corrected chi connectivity index (χ4v) is 3.19. The number of amides is 1. The van der Waals surface area contributed by atoms with E-state index in [-0.39, 0.29) is 18.0 Å². The number of nitrogens with zero attached hydrogens (tertiary/aromatic N) is 4. The molecule has 1 fully saturated rings. The third kappa shape index (κ3) is 4.07. The molecule has 128 valence electrons. The Kier molecular flexibility index (Phi) is 6.22. The van der Waals surface area contributed by atoms with Crippen molar-refractivity contribution in [2.45, 2.75) is 38.1 Å². The van der Waals surface area contributed by atoms with Crippen molar-refractivity contribution >= 4 is 22.7 Å². The standard InChI is InChI=1S/C18H23ClN4O/c1-13-9-10-17(19)21-12-16(15(11-20)18(24)22(13)2)23(3)14-7-5-4-6-8-14/h9-10,14H,1,4-8,12H2,2-3H3/b10-9-,16-15+,21-17?. The van der Waals surface area contributed by atoms with Gasteiger partial charge in [0.25, 0.3) is 5.91 Å². The molecule has 0 atom stereocenters. The highest BCUT2D eigenvalue weighted by atomic mass is 35.5. The summed E-state index contributed by atoms with van der Waals surface area (Å²) in [5.41, 5.74) is 1.19. The highest BCUT2D eigenvalue weighted by Crippen LogP contribution is 2.26. The number of aliphatic imine (C=N–C) groups is 1. The lowest BCUT2D eigenvalue weighted by Gasteiger charge is -2.35. The maximum absolute atomic E-state index is 12.7. The van der Waals surface area contributed by atoms with Gasteiger partial charge in [0, 0.05) is 25.8 Å². The van der Waals surface area contributed by atoms with Gasteiger partial charge in [0.05, 0.1) is 12.2 Å². The summed E-state index contributed by atoms with van der Waals surface area (Å²) in [4.78, 5) is 20.5. The molecule has 1 aliphatic heterocycles. The predicted molar refractivity (Wildman–Crippen MR) is 96.5 cm³/mol. The number of likely N-dealkylation sites (N-methyl/N-ethyl adjacent to an activating group) is 2. The lowest BCUT2D eigenvalue weighted by atomic mass is 9.93. The Balaban J connectivity index is 2.46. The zero-order chi connectivity index (χ0) is 17.7. The second-order valence-corrected chi connectivity index (χ2v) is 6.55. The largest absolute Gasteiger partial charge is 0.372 e. The summed E-state index contributed by atoms with van der Waals surface area (Å²) in [7, 11) is 3.55. The molecule has 1 saturated carbocycles. The Labute approximate surface area is 148 Å². The van der Waals surface area contributed by atoms with E-state index in [0.717, 1.165) is 12.8 Å². The van der Waals surface area contributed by atoms with Gasteiger partial charge in [0.1, 0.15) is 16.8 Å². The van der Waals surface area contributed by atoms with Gasteiger partial charge in [0.2, 0.25) is 0 Å². The van der Waals surface area contributed by atoms with E-state index >= 15 is 0 Å². The molecule has 2 rings (SSSR count). The van der Waals surface area contributed by atoms with Gasteiger partial charge in [-0.3, -0.25) is 9.79 Å². The van der Waals surface area contributed by atoms with Crippen LogP contribution in [0.4, 0.5) is 0 Å². The average Bonchev–Trinajstić information content (AvgIpc) is 2.61. The monoisotopic (exact) mass is 346 g/mol. The first-order chi connectivity index (χ1) is 11.5. The van der Waals surface area contributed by atoms with E-state index in [4.69, 9.17) is 11.6 Å². The van der Waals surface area contributed by atoms with E-state index < -0.39 is 0 Å². The molecule has 0 saturated heterocycles. The summed E-state index contributed by atoms with van der Waals surface area (Å²) in [5, 5.41) is 9.94. The predicted octanol–water partition coefficient (Wildman–Crippen LogP) is 3.21. The summed E-state index contributed by atoms with van der Waals surface area (Å²) in [5.74, 6) is -0.363. The number of halogens is 1. The molecule has 5 nitrogen and oxygen atoms in total. The van der Waals surface area contributed by atoms with E-state index in [1.54, 1.807) is 19.2 Å². The van der Waals surface area contributed by atoms with Gasteiger partial charge in [-0.05, 0) is 25.0 Å². The van der Waals surface area contributed by atoms with Crippen LogP contribution in [0.3, 0.4) is 0 Å². The van der Waals surface area contributed by atoms with Crippen LogP contribution >= 0.6 is 11.6 Å². The summed E-state index contributed by atoms with van der Waals surface area (Å²) in [6.07, 6.45) is 8.94. The van der Waals surface area contributed by atoms with Crippen molar-refractivity contribution in [3.05, 3.63) is 35.7 Å². The molecule has 0 unspecified atom stereocenters. The number of carbonyl (C=O) groups excluding carboxylic acids is 1. The minimum absolute atomic E-state index is 0.107. The molecule has 0 bridgehead atoms. The van der Waals surface area contributed by atoms with Crippen LogP contribution in [0.1, 0.15) is 32.1 Å². The second kappa shape index (κ2) is 8.16. The van der Waals surface area contributed by atoms with Crippen molar-refractivity contribution in [3.8, 4) is 6.07 Å². The van der Waals surface area contributed by atoms with Gasteiger partial charge >= 0.3 is 0 Å². The number of allylic oxidation sites excluding steroid dienone is 2. The molecule has 2 aliphatic rings. The third-order valence-electron chi connectivity index (χ3n) is 4.69. The lowest BCUT2D eigenvalue weighted by molar-refractivity contribution is -0.123. The summed E-state index contributed by atoms with van der Waals surface area (Å²) < 4.78 is 0. The van der Waals surface area contributed by atoms with Crippen LogP contribution < -0.4 is 0 Å². The number of hydrogen-bond donors (Lipinski definition) is 0. The van der Waals surface area contributed by atoms with E-state index in [1.165, 1.54) is 24.2 Å². The molecule has 1 heterocycles. The van der Waals surface area contributed by atoms with Crippen molar-refractivity contribution < 1.29 is 4.79 Å². The van der Waals surface area contributed by atoms with Crippen LogP contribution in [0.25, 0.3) is 0 Å². The van der Waals surface area contributed by atoms with E-state index in [9.17, 15) is 10.1 Å². The van der Waals surface area contributed by atoms with Gasteiger partial charge in [-0.15, -0.1) is 0 Å². The average molecular weight is 347 g/mol. The van der Waals surface area contributed by atoms with Crippen molar-refractivity contribution in [3.63, 3.8) is 0 Å². The lowest BCUT2D eigenvalue weighted by Crippen LogP contribution is -2.37. The first-order valence-corrected chi connectivity index (χ1v) is 8.54. The summed E-state index contributed by atoms with van der Waals surface area (Å²) >= 11 is 6.11. The van der Waals surface area contributed by atoms with Crippen LogP contribution in [0.5, 0.6) is 0 Å². The Morgan fingerprint density at radius 2 is 2.04 bits per heavy atom. The van der Waals surface area contributed by atoms with Crippen molar-refractivity contribution in [1.29, 1.82) is 5.26 Å². The maximum atomic E-state index is 12.7. The fourth-order valence-electron chi connectivity index (χ4n) is 3.07. The number of carbonyl (C=O) groups is 1. The van der Waals surface area contributed by atoms with E-state index in [2.05, 4.69) is 17.6 Å². The van der Waals surface area contributed by atoms with Crippen LogP contribution in [-0.4, -0.2) is 47.6 Å². The van der Waals surface area contributed by atoms with Crippen molar-refractivity contribution in [2.75, 3.05) is 20.6 Å². The minimum Gasteiger partial charge on any atom is -0.372 e. The van der Waals surface area contributed by atoms with Gasteiger partial charge in [-0.2, -0.15) is 5.26 Å². The molecule has 24 heavy (non-hydrogen) atoms. The smallest absolute Gasteiger partial charge is 0.270 e. The van der Waals surface area contributed by atoms with E-state index in [0.29, 0.717) is 22.6 Å². The SMILES string of the molecule is C=C1/C=C\C(Cl)=NC/C(N(C)C2CCCCC2)=C(/C#N)C(=O)N1C. The van der Waals surface area contributed by atoms with Crippen LogP contribution in [0.2, 0.25) is 0 Å². The summed E-state index contributed by atoms with van der Waals surface area (Å²) in [6, 6.07) is 2.40. The molecule has 0 aromatic heterocycles. The zero-order valence-electron chi connectivity index (χ0n) is 14.3. The van der Waals surface area contributed by atoms with Gasteiger partial charge in [-0.25, -0.2) is 0 Å². The Morgan fingerprint density at radius 1 is 1.38 bits per heavy atom. The van der Waals surface area contributed by atoms with Gasteiger partial charge < -0.3 is 9.80 Å². The molecular weight excluding hydrogens is 324 g/mol. The third-order valence-corrected chi connectivity index (χ3v) is 4.94. The fraction of sp³-hybridized carbons (Fsp3) is 0.500. The Morgan fingerprint density at radius 3 is 2.67 bits per heavy atom. The number of hydrogen-bond acceptors (Lipinski definition) is 4. The maximum Gasteiger partial charge on any atom is 0.270 e. The molecule has 0 aromatic carbocycles. The van der Waals surface area contributed by atoms with Crippen molar-refractivity contribution in [2.24, 2.45) is 4.99 Å². The Hall–Kier alpha value is -2.06. The number of nitriles is 1. The Bertz CT molecular complexity index is 650. The molecule has 1 aliphatic carbocycles. The molecule has 6 heteroatoms. The molecule has 0 spiro atoms. The highest BCUT2D eigenvalue weighted by molar-refractivity contribution is 6.68. The normalized spacial score (nSPS) is 25.1. The van der Waals surface area contributed by atoms with Crippen molar-refractivity contribution in [1.82, 2.24) is 9.80 Å². The minimum atomic E-state index is -0.363. The number of rotatable bonds is 2. The van der Waals surface area contributed by atoms with Gasteiger partial charge in [-0.1, -0.05) is 37.4 Å². The molecular formula is C18H23ClN4O. The van der Waals surface area contributed by atoms with E-state index in [1.807, 2.05) is 11.9 Å². The first kappa shape index (κ1) is 18.3. The van der Waals surface area contributed by atoms with Gasteiger partial charge in [0.15, 0.2) is 0 Å². The zero-order valence-corrected chi connectivity index (χ0v) is 15.0. The quantitative estimate of drug-likeness (QED) is 0.771. The second-order valence-electron chi connectivity index (χ2n) is 6.16. The topological polar surface area (TPSA) is 59.7 Å². The van der Waals surface area contributed by atoms with Crippen LogP contribution in [0, 0.1) is 11.3 Å². The molecule has 0 N–H and O–H groups in total. The van der Waals surface area contributed by atoms with Crippen LogP contribution in [0.15, 0.2) is 40.7 Å². The molecule has 0 aromatic rings. The molecule has 1 amide bonds. The molecule has 0 radical (unpaired) electrons. The summed E-state index contributed by atoms with van der Waals surface area (Å²) in [6.45, 7) is 4.05. The highest BCUT2D eigenvalue weighted by Gasteiger charge is 2.27. The van der Waals surface area contributed by atoms with Crippen LogP contribution in [-0.2, 0) is 4.79 Å². The first-order valence-electron chi connectivity index (χ1n) is 8.16.